The minimum absolute atomic E-state index is 1.15. The Labute approximate surface area is 316 Å². The van der Waals surface area contributed by atoms with Crippen molar-refractivity contribution in [1.29, 1.82) is 0 Å². The van der Waals surface area contributed by atoms with Crippen LogP contribution in [0.2, 0.25) is 0 Å². The van der Waals surface area contributed by atoms with Crippen LogP contribution in [0.4, 0.5) is 17.1 Å². The summed E-state index contributed by atoms with van der Waals surface area (Å²) < 4.78 is 4.99. The number of fused-ring (bicyclic) bond motifs is 10. The monoisotopic (exact) mass is 704 g/mol. The lowest BCUT2D eigenvalue weighted by molar-refractivity contribution is 0.982. The molecule has 0 aliphatic heterocycles. The molecule has 2 aromatic heterocycles. The van der Waals surface area contributed by atoms with E-state index in [0.29, 0.717) is 0 Å². The zero-order valence-corrected chi connectivity index (χ0v) is 30.4. The summed E-state index contributed by atoms with van der Waals surface area (Å²) in [6.07, 6.45) is 0. The zero-order chi connectivity index (χ0) is 35.5. The van der Waals surface area contributed by atoms with E-state index in [9.17, 15) is 0 Å². The molecular weight excluding hydrogens is 673 g/mol. The van der Waals surface area contributed by atoms with Gasteiger partial charge in [0.1, 0.15) is 0 Å². The van der Waals surface area contributed by atoms with Gasteiger partial charge in [-0.3, -0.25) is 0 Å². The normalized spacial score (nSPS) is 12.2. The van der Waals surface area contributed by atoms with Gasteiger partial charge in [-0.05, 0) is 86.1 Å². The van der Waals surface area contributed by atoms with Crippen molar-refractivity contribution in [3.8, 4) is 33.5 Å². The van der Waals surface area contributed by atoms with Gasteiger partial charge in [0, 0.05) is 66.0 Å². The van der Waals surface area contributed by atoms with E-state index in [1.165, 1.54) is 103 Å². The molecule has 2 nitrogen and oxygen atoms in total. The second-order valence-electron chi connectivity index (χ2n) is 14.6. The van der Waals surface area contributed by atoms with Crippen molar-refractivity contribution < 1.29 is 0 Å². The summed E-state index contributed by atoms with van der Waals surface area (Å²) >= 11 is 1.88. The smallest absolute Gasteiger partial charge is 0.0575 e. The summed E-state index contributed by atoms with van der Waals surface area (Å²) in [5.74, 6) is 0. The van der Waals surface area contributed by atoms with Gasteiger partial charge in [-0.1, -0.05) is 133 Å². The SMILES string of the molecule is Cn1c2c(c3ccc(-c4ccc5c(c4)sc4cc(N(c6ccc7ccccc7c6)c6cccc7ccccc67)ccc45)cc31)-c1cccc3cccc-2c13. The standard InChI is InChI=1S/C51H32N2S/c1-52-46-28-35(21-25-42(46)50-43-16-6-13-33-14-7-17-44(49(33)43)51(50)52)36-20-24-40-41-26-23-38(30-48(41)54-47(40)29-36)53(37-22-19-31-9-2-3-11-34(31)27-37)45-18-8-12-32-10-4-5-15-39(32)45/h2-30H,1H3. The molecule has 0 N–H and O–H groups in total. The zero-order valence-electron chi connectivity index (χ0n) is 29.5. The number of aryl methyl sites for hydroxylation is 1. The van der Waals surface area contributed by atoms with Crippen LogP contribution in [-0.2, 0) is 7.05 Å². The van der Waals surface area contributed by atoms with Gasteiger partial charge in [0.25, 0.3) is 0 Å². The van der Waals surface area contributed by atoms with Crippen LogP contribution in [0.1, 0.15) is 0 Å². The second-order valence-corrected chi connectivity index (χ2v) is 15.7. The fourth-order valence-corrected chi connectivity index (χ4v) is 10.4. The quantitative estimate of drug-likeness (QED) is 0.177. The molecule has 12 rings (SSSR count). The van der Waals surface area contributed by atoms with E-state index >= 15 is 0 Å². The molecule has 0 spiro atoms. The van der Waals surface area contributed by atoms with Crippen molar-refractivity contribution >= 4 is 91.8 Å². The first-order valence-electron chi connectivity index (χ1n) is 18.6. The fourth-order valence-electron chi connectivity index (χ4n) is 9.18. The van der Waals surface area contributed by atoms with Gasteiger partial charge in [-0.25, -0.2) is 0 Å². The lowest BCUT2D eigenvalue weighted by Gasteiger charge is -2.27. The molecule has 0 unspecified atom stereocenters. The topological polar surface area (TPSA) is 8.17 Å². The predicted octanol–water partition coefficient (Wildman–Crippen LogP) is 14.8. The molecule has 0 radical (unpaired) electrons. The van der Waals surface area contributed by atoms with Crippen molar-refractivity contribution in [1.82, 2.24) is 4.57 Å². The summed E-state index contributed by atoms with van der Waals surface area (Å²) in [5, 5.41) is 11.5. The number of thiophene rings is 1. The predicted molar refractivity (Wildman–Crippen MR) is 233 cm³/mol. The Bertz CT molecular complexity index is 3350. The summed E-state index contributed by atoms with van der Waals surface area (Å²) in [6.45, 7) is 0. The molecule has 11 aromatic rings. The molecule has 0 saturated carbocycles. The molecule has 3 heteroatoms. The maximum atomic E-state index is 2.43. The molecule has 0 fully saturated rings. The third-order valence-corrected chi connectivity index (χ3v) is 12.8. The Kier molecular flexibility index (Phi) is 6.17. The van der Waals surface area contributed by atoms with Crippen LogP contribution in [0.5, 0.6) is 0 Å². The van der Waals surface area contributed by atoms with Crippen molar-refractivity contribution in [2.45, 2.75) is 0 Å². The van der Waals surface area contributed by atoms with Gasteiger partial charge in [-0.2, -0.15) is 0 Å². The van der Waals surface area contributed by atoms with Gasteiger partial charge in [0.15, 0.2) is 0 Å². The number of hydrogen-bond acceptors (Lipinski definition) is 2. The number of anilines is 3. The molecule has 1 aliphatic rings. The van der Waals surface area contributed by atoms with E-state index in [2.05, 4.69) is 192 Å². The van der Waals surface area contributed by atoms with Crippen LogP contribution in [0.15, 0.2) is 176 Å². The number of rotatable bonds is 4. The highest BCUT2D eigenvalue weighted by molar-refractivity contribution is 7.25. The first-order valence-corrected chi connectivity index (χ1v) is 19.4. The summed E-state index contributed by atoms with van der Waals surface area (Å²) in [7, 11) is 2.22. The molecule has 2 heterocycles. The number of benzene rings is 9. The number of hydrogen-bond donors (Lipinski definition) is 0. The van der Waals surface area contributed by atoms with Gasteiger partial charge >= 0.3 is 0 Å². The molecular formula is C51H32N2S. The lowest BCUT2D eigenvalue weighted by atomic mass is 9.99. The van der Waals surface area contributed by atoms with Crippen LogP contribution < -0.4 is 4.90 Å². The minimum Gasteiger partial charge on any atom is -0.343 e. The Balaban J connectivity index is 0.982. The van der Waals surface area contributed by atoms with E-state index in [1.807, 2.05) is 11.3 Å². The maximum Gasteiger partial charge on any atom is 0.0575 e. The Hall–Kier alpha value is -6.68. The van der Waals surface area contributed by atoms with Crippen LogP contribution >= 0.6 is 11.3 Å². The first-order chi connectivity index (χ1) is 26.7. The van der Waals surface area contributed by atoms with Gasteiger partial charge in [-0.15, -0.1) is 11.3 Å². The number of nitrogens with zero attached hydrogens (tertiary/aromatic N) is 2. The highest BCUT2D eigenvalue weighted by Gasteiger charge is 2.27. The maximum absolute atomic E-state index is 2.43. The van der Waals surface area contributed by atoms with Gasteiger partial charge < -0.3 is 9.47 Å². The average Bonchev–Trinajstić information content (AvgIpc) is 3.86. The molecule has 0 amide bonds. The average molecular weight is 705 g/mol. The van der Waals surface area contributed by atoms with Crippen LogP contribution in [-0.4, -0.2) is 4.57 Å². The third-order valence-electron chi connectivity index (χ3n) is 11.7. The van der Waals surface area contributed by atoms with E-state index in [4.69, 9.17) is 0 Å². The molecule has 0 saturated heterocycles. The Morgan fingerprint density at radius 3 is 1.94 bits per heavy atom. The first kappa shape index (κ1) is 29.9. The van der Waals surface area contributed by atoms with Crippen LogP contribution in [0.3, 0.4) is 0 Å². The van der Waals surface area contributed by atoms with E-state index in [1.54, 1.807) is 0 Å². The Morgan fingerprint density at radius 1 is 0.444 bits per heavy atom. The van der Waals surface area contributed by atoms with Crippen LogP contribution in [0, 0.1) is 0 Å². The van der Waals surface area contributed by atoms with Gasteiger partial charge in [0.2, 0.25) is 0 Å². The highest BCUT2D eigenvalue weighted by atomic mass is 32.1. The second kappa shape index (κ2) is 11.2. The number of aromatic nitrogens is 1. The Morgan fingerprint density at radius 2 is 1.07 bits per heavy atom. The highest BCUT2D eigenvalue weighted by Crippen LogP contribution is 2.52. The van der Waals surface area contributed by atoms with Crippen LogP contribution in [0.25, 0.3) is 96.9 Å². The minimum atomic E-state index is 1.15. The largest absolute Gasteiger partial charge is 0.343 e. The summed E-state index contributed by atoms with van der Waals surface area (Å²) in [6, 6.07) is 65.2. The van der Waals surface area contributed by atoms with E-state index < -0.39 is 0 Å². The van der Waals surface area contributed by atoms with Gasteiger partial charge in [0.05, 0.1) is 11.4 Å². The fraction of sp³-hybridized carbons (Fsp3) is 0.0196. The lowest BCUT2D eigenvalue weighted by Crippen LogP contribution is -2.10. The molecule has 0 atom stereocenters. The van der Waals surface area contributed by atoms with Crippen molar-refractivity contribution in [3.05, 3.63) is 176 Å². The van der Waals surface area contributed by atoms with Crippen molar-refractivity contribution in [3.63, 3.8) is 0 Å². The van der Waals surface area contributed by atoms with E-state index in [-0.39, 0.29) is 0 Å². The summed E-state index contributed by atoms with van der Waals surface area (Å²) in [4.78, 5) is 2.43. The van der Waals surface area contributed by atoms with E-state index in [0.717, 1.165) is 11.4 Å². The third kappa shape index (κ3) is 4.22. The molecule has 0 bridgehead atoms. The molecule has 54 heavy (non-hydrogen) atoms. The molecule has 9 aromatic carbocycles. The molecule has 1 aliphatic carbocycles. The molecule has 252 valence electrons. The van der Waals surface area contributed by atoms with Crippen molar-refractivity contribution in [2.24, 2.45) is 7.05 Å². The van der Waals surface area contributed by atoms with Crippen molar-refractivity contribution in [2.75, 3.05) is 4.90 Å². The summed E-state index contributed by atoms with van der Waals surface area (Å²) in [5.41, 5.74) is 12.6.